The van der Waals surface area contributed by atoms with Crippen molar-refractivity contribution in [1.82, 2.24) is 14.9 Å². The molecule has 0 radical (unpaired) electrons. The van der Waals surface area contributed by atoms with E-state index in [9.17, 15) is 20.2 Å². The molecule has 0 amide bonds. The lowest BCUT2D eigenvalue weighted by Crippen LogP contribution is -2.29. The van der Waals surface area contributed by atoms with Gasteiger partial charge < -0.3 is 19.5 Å². The molecule has 0 bridgehead atoms. The molecule has 6 rings (SSSR count). The summed E-state index contributed by atoms with van der Waals surface area (Å²) < 4.78 is 7.15. The molecule has 1 aliphatic rings. The van der Waals surface area contributed by atoms with E-state index in [1.165, 1.54) is 37.1 Å². The number of aryl methyl sites for hydroxylation is 1. The van der Waals surface area contributed by atoms with E-state index >= 15 is 0 Å². The van der Waals surface area contributed by atoms with Gasteiger partial charge in [-0.05, 0) is 98.4 Å². The molecule has 2 atom stereocenters. The summed E-state index contributed by atoms with van der Waals surface area (Å²) in [5.74, 6) is 0.403. The SMILES string of the molecule is COc1ccc(-n2c(C)cc([C@H]3[C@@H](c4ccccn4)NC(=S)N3c3ccc(Sc4ccc([N+](=O)[O-])cc4)cc3)c2C)c([N+](=O)[O-])c1. The minimum Gasteiger partial charge on any atom is -0.496 e. The second kappa shape index (κ2) is 12.6. The first-order valence-corrected chi connectivity index (χ1v) is 15.4. The Morgan fingerprint density at radius 2 is 1.61 bits per heavy atom. The third-order valence-corrected chi connectivity index (χ3v) is 9.24. The highest BCUT2D eigenvalue weighted by atomic mass is 32.2. The van der Waals surface area contributed by atoms with Crippen molar-refractivity contribution in [2.24, 2.45) is 0 Å². The lowest BCUT2D eigenvalue weighted by atomic mass is 9.96. The predicted octanol–water partition coefficient (Wildman–Crippen LogP) is 7.64. The van der Waals surface area contributed by atoms with Crippen LogP contribution in [0.15, 0.2) is 107 Å². The lowest BCUT2D eigenvalue weighted by Gasteiger charge is -2.28. The summed E-state index contributed by atoms with van der Waals surface area (Å²) in [5, 5.41) is 27.1. The number of nitro benzene ring substituents is 2. The van der Waals surface area contributed by atoms with Gasteiger partial charge in [-0.15, -0.1) is 0 Å². The highest BCUT2D eigenvalue weighted by Gasteiger charge is 2.42. The molecular formula is C33H28N6O5S2. The number of ether oxygens (including phenoxy) is 1. The summed E-state index contributed by atoms with van der Waals surface area (Å²) in [7, 11) is 1.48. The van der Waals surface area contributed by atoms with Crippen LogP contribution in [0.25, 0.3) is 5.69 Å². The molecule has 5 aromatic rings. The number of nitrogens with one attached hydrogen (secondary N) is 1. The van der Waals surface area contributed by atoms with Crippen molar-refractivity contribution in [3.63, 3.8) is 0 Å². The Kier molecular flexibility index (Phi) is 8.43. The fourth-order valence-electron chi connectivity index (χ4n) is 5.82. The highest BCUT2D eigenvalue weighted by Crippen LogP contribution is 2.45. The zero-order valence-corrected chi connectivity index (χ0v) is 26.6. The van der Waals surface area contributed by atoms with E-state index in [1.807, 2.05) is 66.9 Å². The largest absolute Gasteiger partial charge is 0.496 e. The smallest absolute Gasteiger partial charge is 0.296 e. The Morgan fingerprint density at radius 3 is 2.22 bits per heavy atom. The third kappa shape index (κ3) is 5.77. The average molecular weight is 653 g/mol. The van der Waals surface area contributed by atoms with Gasteiger partial charge in [0.15, 0.2) is 5.11 Å². The molecule has 0 spiro atoms. The maximum atomic E-state index is 12.1. The van der Waals surface area contributed by atoms with Crippen LogP contribution in [0.2, 0.25) is 0 Å². The number of benzene rings is 3. The number of anilines is 1. The Labute approximate surface area is 274 Å². The lowest BCUT2D eigenvalue weighted by molar-refractivity contribution is -0.385. The molecule has 232 valence electrons. The van der Waals surface area contributed by atoms with Crippen LogP contribution in [0.1, 0.15) is 34.7 Å². The van der Waals surface area contributed by atoms with Crippen LogP contribution in [-0.4, -0.2) is 31.6 Å². The maximum Gasteiger partial charge on any atom is 0.296 e. The first kappa shape index (κ1) is 30.7. The summed E-state index contributed by atoms with van der Waals surface area (Å²) in [6, 6.07) is 26.4. The predicted molar refractivity (Wildman–Crippen MR) is 180 cm³/mol. The summed E-state index contributed by atoms with van der Waals surface area (Å²) in [4.78, 5) is 30.9. The van der Waals surface area contributed by atoms with Crippen molar-refractivity contribution in [3.8, 4) is 11.4 Å². The van der Waals surface area contributed by atoms with Gasteiger partial charge in [0.05, 0.1) is 40.8 Å². The quantitative estimate of drug-likeness (QED) is 0.0963. The standard InChI is InChI=1S/C33H28N6O5S2/c1-20-18-27(21(2)36(20)29-16-11-24(44-3)19-30(29)39(42)43)32-31(28-6-4-5-17-34-28)35-33(45)37(32)22-7-12-25(13-8-22)46-26-14-9-23(10-15-26)38(40)41/h4-19,31-32H,1-3H3,(H,35,45)/t31-,32+/m1/s1. The van der Waals surface area contributed by atoms with E-state index in [1.54, 1.807) is 30.5 Å². The molecule has 46 heavy (non-hydrogen) atoms. The van der Waals surface area contributed by atoms with Crippen molar-refractivity contribution >= 4 is 46.2 Å². The summed E-state index contributed by atoms with van der Waals surface area (Å²) in [6.07, 6.45) is 1.74. The summed E-state index contributed by atoms with van der Waals surface area (Å²) in [6.45, 7) is 3.88. The van der Waals surface area contributed by atoms with Crippen LogP contribution >= 0.6 is 24.0 Å². The highest BCUT2D eigenvalue weighted by molar-refractivity contribution is 7.99. The van der Waals surface area contributed by atoms with Crippen molar-refractivity contribution in [1.29, 1.82) is 0 Å². The number of nitro groups is 2. The molecule has 0 saturated carbocycles. The fourth-order valence-corrected chi connectivity index (χ4v) is 6.98. The zero-order valence-electron chi connectivity index (χ0n) is 25.0. The van der Waals surface area contributed by atoms with Crippen LogP contribution in [0, 0.1) is 34.1 Å². The molecule has 0 unspecified atom stereocenters. The molecule has 11 nitrogen and oxygen atoms in total. The number of methoxy groups -OCH3 is 1. The molecule has 3 aromatic carbocycles. The molecular weight excluding hydrogens is 625 g/mol. The first-order chi connectivity index (χ1) is 22.2. The number of non-ortho nitro benzene ring substituents is 1. The number of nitrogens with zero attached hydrogens (tertiary/aromatic N) is 5. The Bertz CT molecular complexity index is 1950. The number of thiocarbonyl (C=S) groups is 1. The molecule has 0 aliphatic carbocycles. The van der Waals surface area contributed by atoms with Gasteiger partial charge in [0.1, 0.15) is 11.4 Å². The Hall–Kier alpha value is -5.27. The van der Waals surface area contributed by atoms with E-state index in [0.717, 1.165) is 38.1 Å². The van der Waals surface area contributed by atoms with Crippen LogP contribution in [0.3, 0.4) is 0 Å². The minimum absolute atomic E-state index is 0.0456. The van der Waals surface area contributed by atoms with E-state index in [-0.39, 0.29) is 23.5 Å². The summed E-state index contributed by atoms with van der Waals surface area (Å²) >= 11 is 7.42. The van der Waals surface area contributed by atoms with E-state index < -0.39 is 9.85 Å². The molecule has 3 heterocycles. The van der Waals surface area contributed by atoms with Gasteiger partial charge in [-0.1, -0.05) is 17.8 Å². The number of hydrogen-bond acceptors (Lipinski definition) is 8. The maximum absolute atomic E-state index is 12.1. The van der Waals surface area contributed by atoms with Gasteiger partial charge in [0.25, 0.3) is 11.4 Å². The molecule has 1 saturated heterocycles. The van der Waals surface area contributed by atoms with Crippen LogP contribution in [-0.2, 0) is 0 Å². The number of pyridine rings is 1. The van der Waals surface area contributed by atoms with Gasteiger partial charge in [0.2, 0.25) is 0 Å². The van der Waals surface area contributed by atoms with Crippen molar-refractivity contribution < 1.29 is 14.6 Å². The molecule has 1 aliphatic heterocycles. The van der Waals surface area contributed by atoms with Gasteiger partial charge >= 0.3 is 0 Å². The second-order valence-electron chi connectivity index (χ2n) is 10.6. The summed E-state index contributed by atoms with van der Waals surface area (Å²) in [5.41, 5.74) is 4.68. The Morgan fingerprint density at radius 1 is 0.913 bits per heavy atom. The van der Waals surface area contributed by atoms with Crippen LogP contribution in [0.5, 0.6) is 5.75 Å². The van der Waals surface area contributed by atoms with Gasteiger partial charge in [-0.25, -0.2) is 0 Å². The Balaban J connectivity index is 1.40. The number of hydrogen-bond donors (Lipinski definition) is 1. The van der Waals surface area contributed by atoms with E-state index in [4.69, 9.17) is 17.0 Å². The number of rotatable bonds is 9. The van der Waals surface area contributed by atoms with Crippen molar-refractivity contribution in [2.75, 3.05) is 12.0 Å². The average Bonchev–Trinajstić information content (AvgIpc) is 3.56. The van der Waals surface area contributed by atoms with Gasteiger partial charge in [-0.3, -0.25) is 25.2 Å². The first-order valence-electron chi connectivity index (χ1n) is 14.2. The minimum atomic E-state index is -0.416. The normalized spacial score (nSPS) is 15.9. The van der Waals surface area contributed by atoms with E-state index in [0.29, 0.717) is 16.5 Å². The van der Waals surface area contributed by atoms with Crippen molar-refractivity contribution in [2.45, 2.75) is 35.7 Å². The molecule has 1 fully saturated rings. The van der Waals surface area contributed by atoms with E-state index in [2.05, 4.69) is 15.2 Å². The monoisotopic (exact) mass is 652 g/mol. The zero-order chi connectivity index (χ0) is 32.5. The molecule has 2 aromatic heterocycles. The van der Waals surface area contributed by atoms with Gasteiger partial charge in [0, 0.05) is 45.2 Å². The second-order valence-corrected chi connectivity index (χ2v) is 12.2. The molecule has 13 heteroatoms. The molecule has 1 N–H and O–H groups in total. The van der Waals surface area contributed by atoms with Crippen molar-refractivity contribution in [3.05, 3.63) is 140 Å². The van der Waals surface area contributed by atoms with Crippen LogP contribution in [0.4, 0.5) is 17.1 Å². The number of aromatic nitrogens is 2. The van der Waals surface area contributed by atoms with Crippen LogP contribution < -0.4 is 15.0 Å². The fraction of sp³-hybridized carbons (Fsp3) is 0.152. The van der Waals surface area contributed by atoms with Gasteiger partial charge in [-0.2, -0.15) is 0 Å². The topological polar surface area (TPSA) is 129 Å². The third-order valence-electron chi connectivity index (χ3n) is 7.91.